The van der Waals surface area contributed by atoms with Crippen LogP contribution in [0.15, 0.2) is 77.2 Å². The number of hydrogen-bond acceptors (Lipinski definition) is 5. The predicted molar refractivity (Wildman–Crippen MR) is 131 cm³/mol. The number of fused-ring (bicyclic) bond motifs is 1. The van der Waals surface area contributed by atoms with Crippen molar-refractivity contribution in [1.82, 2.24) is 0 Å². The Balaban J connectivity index is 0.000000695. The van der Waals surface area contributed by atoms with E-state index in [9.17, 15) is 22.1 Å². The first-order chi connectivity index (χ1) is 17.6. The van der Waals surface area contributed by atoms with Gasteiger partial charge in [0.2, 0.25) is 11.0 Å². The van der Waals surface area contributed by atoms with Gasteiger partial charge in [0.1, 0.15) is 11.3 Å². The standard InChI is InChI=1S/C26H23NO5.BF4/c1-4-31-26(28)17-9-12-19(13-10-17)27-21-16-24(32-22-8-6-5-7-20(21)22)18-11-14-23(29-2)25(15-18)30-3;2-1(3,4)5/h5-16H,4H2,1-3H3;/q;-1/p+1. The van der Waals surface area contributed by atoms with E-state index in [1.54, 1.807) is 33.3 Å². The molecule has 0 atom stereocenters. The highest BCUT2D eigenvalue weighted by molar-refractivity contribution is 6.50. The Kier molecular flexibility index (Phi) is 8.94. The van der Waals surface area contributed by atoms with E-state index in [2.05, 4.69) is 4.99 Å². The van der Waals surface area contributed by atoms with Crippen molar-refractivity contribution in [2.75, 3.05) is 20.8 Å². The molecule has 0 spiro atoms. The third-order valence-corrected chi connectivity index (χ3v) is 5.02. The molecule has 11 heteroatoms. The van der Waals surface area contributed by atoms with Gasteiger partial charge >= 0.3 is 13.2 Å². The molecule has 4 aromatic rings. The molecule has 4 rings (SSSR count). The van der Waals surface area contributed by atoms with E-state index in [-0.39, 0.29) is 5.97 Å². The third kappa shape index (κ3) is 7.60. The van der Waals surface area contributed by atoms with Gasteiger partial charge in [-0.15, -0.1) is 0 Å². The highest BCUT2D eigenvalue weighted by Gasteiger charge is 2.20. The fourth-order valence-electron chi connectivity index (χ4n) is 3.43. The summed E-state index contributed by atoms with van der Waals surface area (Å²) in [7, 11) is -2.79. The lowest BCUT2D eigenvalue weighted by Gasteiger charge is -2.09. The van der Waals surface area contributed by atoms with Crippen molar-refractivity contribution in [3.05, 3.63) is 83.7 Å². The molecule has 0 aliphatic carbocycles. The molecule has 0 bridgehead atoms. The Morgan fingerprint density at radius 3 is 2.16 bits per heavy atom. The molecular weight excluding hydrogens is 493 g/mol. The van der Waals surface area contributed by atoms with E-state index in [4.69, 9.17) is 18.6 Å². The number of carbonyl (C=O) groups excluding carboxylic acids is 1. The second-order valence-corrected chi connectivity index (χ2v) is 7.51. The molecule has 0 saturated heterocycles. The van der Waals surface area contributed by atoms with Crippen molar-refractivity contribution in [2.45, 2.75) is 6.92 Å². The van der Waals surface area contributed by atoms with Crippen molar-refractivity contribution >= 4 is 29.9 Å². The highest BCUT2D eigenvalue weighted by atomic mass is 19.5. The summed E-state index contributed by atoms with van der Waals surface area (Å²) in [6.45, 7) is 2.13. The Hall–Kier alpha value is -4.28. The molecule has 0 aliphatic rings. The molecule has 3 aromatic carbocycles. The summed E-state index contributed by atoms with van der Waals surface area (Å²) >= 11 is 0. The minimum atomic E-state index is -6.00. The van der Waals surface area contributed by atoms with E-state index in [0.29, 0.717) is 29.4 Å². The first kappa shape index (κ1) is 27.3. The molecule has 0 unspecified atom stereocenters. The SMILES string of the molecule is CCOC(=O)c1ccc([NH+]=c2cc(-c3ccc(OC)c(OC)c3)oc3ccccc23)cc1.F[B-](F)(F)F. The van der Waals surface area contributed by atoms with Gasteiger partial charge in [-0.3, -0.25) is 0 Å². The van der Waals surface area contributed by atoms with Crippen molar-refractivity contribution < 1.29 is 45.7 Å². The molecule has 0 aliphatic heterocycles. The maximum absolute atomic E-state index is 11.9. The molecule has 1 heterocycles. The van der Waals surface area contributed by atoms with Crippen LogP contribution in [0.2, 0.25) is 0 Å². The van der Waals surface area contributed by atoms with Crippen molar-refractivity contribution in [2.24, 2.45) is 0 Å². The van der Waals surface area contributed by atoms with Crippen molar-refractivity contribution in [3.8, 4) is 22.8 Å². The zero-order valence-electron chi connectivity index (χ0n) is 20.3. The topological polar surface area (TPSA) is 71.9 Å². The number of para-hydroxylation sites is 1. The summed E-state index contributed by atoms with van der Waals surface area (Å²) in [5.41, 5.74) is 2.95. The van der Waals surface area contributed by atoms with Crippen molar-refractivity contribution in [3.63, 3.8) is 0 Å². The Morgan fingerprint density at radius 1 is 0.892 bits per heavy atom. The van der Waals surface area contributed by atoms with E-state index < -0.39 is 7.25 Å². The molecule has 37 heavy (non-hydrogen) atoms. The van der Waals surface area contributed by atoms with E-state index >= 15 is 0 Å². The number of ether oxygens (including phenoxy) is 3. The lowest BCUT2D eigenvalue weighted by Crippen LogP contribution is -2.70. The van der Waals surface area contributed by atoms with Crippen LogP contribution in [-0.2, 0) is 4.74 Å². The number of benzene rings is 3. The quantitative estimate of drug-likeness (QED) is 0.224. The molecule has 1 N–H and O–H groups in total. The summed E-state index contributed by atoms with van der Waals surface area (Å²) in [4.78, 5) is 15.4. The predicted octanol–water partition coefficient (Wildman–Crippen LogP) is 4.91. The van der Waals surface area contributed by atoms with Gasteiger partial charge in [-0.25, -0.2) is 9.79 Å². The van der Waals surface area contributed by atoms with E-state index in [1.807, 2.05) is 60.7 Å². The van der Waals surface area contributed by atoms with Crippen LogP contribution in [0.1, 0.15) is 17.3 Å². The van der Waals surface area contributed by atoms with Gasteiger partial charge in [-0.05, 0) is 49.4 Å². The lowest BCUT2D eigenvalue weighted by molar-refractivity contribution is -0.400. The smallest absolute Gasteiger partial charge is 0.493 e. The van der Waals surface area contributed by atoms with Gasteiger partial charge in [0, 0.05) is 17.7 Å². The summed E-state index contributed by atoms with van der Waals surface area (Å²) in [6.07, 6.45) is 0. The van der Waals surface area contributed by atoms with Gasteiger partial charge in [0.15, 0.2) is 11.5 Å². The maximum atomic E-state index is 11.9. The molecule has 1 aromatic heterocycles. The molecule has 6 nitrogen and oxygen atoms in total. The van der Waals surface area contributed by atoms with Crippen LogP contribution >= 0.6 is 0 Å². The fraction of sp³-hybridized carbons (Fsp3) is 0.154. The Morgan fingerprint density at radius 2 is 1.54 bits per heavy atom. The van der Waals surface area contributed by atoms with Gasteiger partial charge in [-0.2, -0.15) is 0 Å². The monoisotopic (exact) mass is 517 g/mol. The Labute approximate surface area is 210 Å². The Bertz CT molecular complexity index is 1430. The van der Waals surface area contributed by atoms with Crippen LogP contribution in [0.25, 0.3) is 22.3 Å². The van der Waals surface area contributed by atoms with Crippen LogP contribution in [-0.4, -0.2) is 34.1 Å². The molecule has 0 radical (unpaired) electrons. The van der Waals surface area contributed by atoms with Gasteiger partial charge < -0.3 is 35.9 Å². The van der Waals surface area contributed by atoms with Crippen LogP contribution in [0.5, 0.6) is 11.5 Å². The molecular formula is C26H24BF4NO5. The minimum absolute atomic E-state index is 0.334. The summed E-state index contributed by atoms with van der Waals surface area (Å²) in [5, 5.41) is 1.81. The number of carbonyl (C=O) groups is 1. The zero-order chi connectivity index (χ0) is 27.0. The summed E-state index contributed by atoms with van der Waals surface area (Å²) in [5.74, 6) is 1.61. The van der Waals surface area contributed by atoms with Crippen LogP contribution in [0.4, 0.5) is 23.0 Å². The second kappa shape index (κ2) is 12.1. The zero-order valence-corrected chi connectivity index (χ0v) is 20.3. The fourth-order valence-corrected chi connectivity index (χ4v) is 3.43. The van der Waals surface area contributed by atoms with Gasteiger partial charge in [0.25, 0.3) is 0 Å². The first-order valence-electron chi connectivity index (χ1n) is 11.1. The number of esters is 1. The first-order valence-corrected chi connectivity index (χ1v) is 11.1. The minimum Gasteiger partial charge on any atom is -0.493 e. The summed E-state index contributed by atoms with van der Waals surface area (Å²) in [6, 6.07) is 22.6. The van der Waals surface area contributed by atoms with Crippen LogP contribution in [0, 0.1) is 0 Å². The average Bonchev–Trinajstić information content (AvgIpc) is 2.87. The second-order valence-electron chi connectivity index (χ2n) is 7.51. The van der Waals surface area contributed by atoms with Crippen molar-refractivity contribution in [1.29, 1.82) is 0 Å². The number of halogens is 4. The van der Waals surface area contributed by atoms with E-state index in [0.717, 1.165) is 27.6 Å². The maximum Gasteiger partial charge on any atom is 0.673 e. The van der Waals surface area contributed by atoms with Gasteiger partial charge in [0.05, 0.1) is 37.8 Å². The average molecular weight is 517 g/mol. The highest BCUT2D eigenvalue weighted by Crippen LogP contribution is 2.32. The third-order valence-electron chi connectivity index (χ3n) is 5.02. The number of hydrogen-bond donors (Lipinski definition) is 1. The number of methoxy groups -OCH3 is 2. The molecule has 0 amide bonds. The number of rotatable bonds is 6. The molecule has 0 fully saturated rings. The number of nitrogens with one attached hydrogen (secondary N) is 1. The lowest BCUT2D eigenvalue weighted by atomic mass is 10.1. The van der Waals surface area contributed by atoms with Crippen LogP contribution in [0.3, 0.4) is 0 Å². The normalized spacial score (nSPS) is 11.5. The van der Waals surface area contributed by atoms with E-state index in [1.165, 1.54) is 0 Å². The van der Waals surface area contributed by atoms with Crippen LogP contribution < -0.4 is 19.8 Å². The molecule has 0 saturated carbocycles. The summed E-state index contributed by atoms with van der Waals surface area (Å²) < 4.78 is 61.0. The largest absolute Gasteiger partial charge is 0.673 e. The van der Waals surface area contributed by atoms with Gasteiger partial charge in [-0.1, -0.05) is 12.1 Å². The molecule has 194 valence electrons.